The second-order valence-corrected chi connectivity index (χ2v) is 5.73. The molecule has 0 aromatic carbocycles. The fourth-order valence-electron chi connectivity index (χ4n) is 2.32. The van der Waals surface area contributed by atoms with Crippen molar-refractivity contribution >= 4 is 12.3 Å². The summed E-state index contributed by atoms with van der Waals surface area (Å²) in [6.07, 6.45) is 2.87. The van der Waals surface area contributed by atoms with Crippen LogP contribution in [0.2, 0.25) is 0 Å². The third-order valence-corrected chi connectivity index (χ3v) is 3.42. The Kier molecular flexibility index (Phi) is 7.93. The van der Waals surface area contributed by atoms with E-state index in [-0.39, 0.29) is 12.2 Å². The standard InChI is InChI=1S/C15H26O6/c1-11(2)6-5-9-19-15(17)21-13-8-4-7-12(10-13)20-14(16)18-3/h11-13H,4-10H2,1-3H3. The van der Waals surface area contributed by atoms with E-state index >= 15 is 0 Å². The average Bonchev–Trinajstić information content (AvgIpc) is 2.43. The molecule has 2 atom stereocenters. The van der Waals surface area contributed by atoms with Gasteiger partial charge in [-0.25, -0.2) is 9.59 Å². The van der Waals surface area contributed by atoms with E-state index in [0.29, 0.717) is 18.9 Å². The Morgan fingerprint density at radius 1 is 1.10 bits per heavy atom. The summed E-state index contributed by atoms with van der Waals surface area (Å²) >= 11 is 0. The molecule has 6 heteroatoms. The molecule has 1 saturated carbocycles. The normalized spacial score (nSPS) is 21.7. The van der Waals surface area contributed by atoms with E-state index in [1.807, 2.05) is 0 Å². The van der Waals surface area contributed by atoms with Crippen LogP contribution in [0.25, 0.3) is 0 Å². The number of carbonyl (C=O) groups is 2. The predicted octanol–water partition coefficient (Wildman–Crippen LogP) is 3.67. The maximum absolute atomic E-state index is 11.6. The lowest BCUT2D eigenvalue weighted by Gasteiger charge is -2.27. The summed E-state index contributed by atoms with van der Waals surface area (Å²) in [5.74, 6) is 0.596. The number of methoxy groups -OCH3 is 1. The van der Waals surface area contributed by atoms with Gasteiger partial charge in [0.1, 0.15) is 12.2 Å². The van der Waals surface area contributed by atoms with E-state index < -0.39 is 12.3 Å². The van der Waals surface area contributed by atoms with E-state index in [0.717, 1.165) is 32.1 Å². The molecular formula is C15H26O6. The number of carbonyl (C=O) groups excluding carboxylic acids is 2. The van der Waals surface area contributed by atoms with E-state index in [9.17, 15) is 9.59 Å². The maximum atomic E-state index is 11.6. The molecule has 1 rings (SSSR count). The minimum absolute atomic E-state index is 0.258. The zero-order valence-electron chi connectivity index (χ0n) is 13.1. The second-order valence-electron chi connectivity index (χ2n) is 5.73. The Labute approximate surface area is 126 Å². The minimum atomic E-state index is -0.697. The monoisotopic (exact) mass is 302 g/mol. The Hall–Kier alpha value is -1.46. The Morgan fingerprint density at radius 2 is 1.71 bits per heavy atom. The van der Waals surface area contributed by atoms with E-state index in [1.165, 1.54) is 7.11 Å². The largest absolute Gasteiger partial charge is 0.508 e. The summed E-state index contributed by atoms with van der Waals surface area (Å²) in [5.41, 5.74) is 0. The highest BCUT2D eigenvalue weighted by atomic mass is 16.7. The van der Waals surface area contributed by atoms with Gasteiger partial charge in [-0.15, -0.1) is 0 Å². The molecule has 21 heavy (non-hydrogen) atoms. The lowest BCUT2D eigenvalue weighted by molar-refractivity contribution is -0.0313. The molecule has 2 unspecified atom stereocenters. The Bertz CT molecular complexity index is 328. The van der Waals surface area contributed by atoms with Gasteiger partial charge in [-0.1, -0.05) is 13.8 Å². The van der Waals surface area contributed by atoms with E-state index in [1.54, 1.807) is 0 Å². The minimum Gasteiger partial charge on any atom is -0.438 e. The summed E-state index contributed by atoms with van der Waals surface area (Å²) in [5, 5.41) is 0. The van der Waals surface area contributed by atoms with Crippen LogP contribution in [0.4, 0.5) is 9.59 Å². The molecule has 0 spiro atoms. The average molecular weight is 302 g/mol. The van der Waals surface area contributed by atoms with Crippen LogP contribution in [0.3, 0.4) is 0 Å². The van der Waals surface area contributed by atoms with Crippen LogP contribution in [0.5, 0.6) is 0 Å². The highest BCUT2D eigenvalue weighted by Crippen LogP contribution is 2.24. The van der Waals surface area contributed by atoms with Crippen LogP contribution in [0, 0.1) is 5.92 Å². The van der Waals surface area contributed by atoms with Gasteiger partial charge in [-0.3, -0.25) is 0 Å². The van der Waals surface area contributed by atoms with Gasteiger partial charge in [0.2, 0.25) is 0 Å². The molecule has 1 fully saturated rings. The summed E-state index contributed by atoms with van der Waals surface area (Å²) < 4.78 is 19.8. The second kappa shape index (κ2) is 9.47. The molecule has 0 bridgehead atoms. The van der Waals surface area contributed by atoms with Crippen LogP contribution < -0.4 is 0 Å². The molecule has 0 aromatic rings. The highest BCUT2D eigenvalue weighted by Gasteiger charge is 2.28. The van der Waals surface area contributed by atoms with Crippen molar-refractivity contribution in [3.63, 3.8) is 0 Å². The van der Waals surface area contributed by atoms with Crippen molar-refractivity contribution in [1.29, 1.82) is 0 Å². The lowest BCUT2D eigenvalue weighted by Crippen LogP contribution is -2.31. The molecule has 1 aliphatic carbocycles. The smallest absolute Gasteiger partial charge is 0.438 e. The number of ether oxygens (including phenoxy) is 4. The summed E-state index contributed by atoms with van der Waals surface area (Å²) in [7, 11) is 1.27. The van der Waals surface area contributed by atoms with Gasteiger partial charge in [0.15, 0.2) is 0 Å². The molecule has 0 radical (unpaired) electrons. The first-order valence-electron chi connectivity index (χ1n) is 7.59. The van der Waals surface area contributed by atoms with E-state index in [2.05, 4.69) is 18.6 Å². The predicted molar refractivity (Wildman–Crippen MR) is 76.0 cm³/mol. The molecule has 1 aliphatic rings. The van der Waals surface area contributed by atoms with Crippen molar-refractivity contribution in [3.8, 4) is 0 Å². The van der Waals surface area contributed by atoms with Crippen LogP contribution in [-0.4, -0.2) is 38.2 Å². The molecule has 0 saturated heterocycles. The molecule has 0 amide bonds. The summed E-state index contributed by atoms with van der Waals surface area (Å²) in [6, 6.07) is 0. The third-order valence-electron chi connectivity index (χ3n) is 3.42. The first-order chi connectivity index (χ1) is 10.0. The fraction of sp³-hybridized carbons (Fsp3) is 0.867. The topological polar surface area (TPSA) is 71.1 Å². The summed E-state index contributed by atoms with van der Waals surface area (Å²) in [4.78, 5) is 22.6. The molecule has 122 valence electrons. The van der Waals surface area contributed by atoms with Crippen molar-refractivity contribution in [1.82, 2.24) is 0 Å². The maximum Gasteiger partial charge on any atom is 0.508 e. The SMILES string of the molecule is COC(=O)OC1CCCC(OC(=O)OCCCC(C)C)C1. The quantitative estimate of drug-likeness (QED) is 0.550. The number of hydrogen-bond acceptors (Lipinski definition) is 6. The van der Waals surface area contributed by atoms with Gasteiger partial charge in [0, 0.05) is 6.42 Å². The number of rotatable bonds is 6. The first kappa shape index (κ1) is 17.6. The van der Waals surface area contributed by atoms with Gasteiger partial charge in [0.05, 0.1) is 13.7 Å². The van der Waals surface area contributed by atoms with E-state index in [4.69, 9.17) is 14.2 Å². The molecule has 0 aliphatic heterocycles. The summed E-state index contributed by atoms with van der Waals surface area (Å²) in [6.45, 7) is 4.63. The molecule has 0 N–H and O–H groups in total. The zero-order chi connectivity index (χ0) is 15.7. The first-order valence-corrected chi connectivity index (χ1v) is 7.59. The third kappa shape index (κ3) is 7.78. The van der Waals surface area contributed by atoms with Crippen molar-refractivity contribution in [2.75, 3.05) is 13.7 Å². The van der Waals surface area contributed by atoms with Gasteiger partial charge in [-0.05, 0) is 38.0 Å². The van der Waals surface area contributed by atoms with Gasteiger partial charge < -0.3 is 18.9 Å². The Morgan fingerprint density at radius 3 is 2.29 bits per heavy atom. The van der Waals surface area contributed by atoms with Crippen molar-refractivity contribution < 1.29 is 28.5 Å². The van der Waals surface area contributed by atoms with Gasteiger partial charge >= 0.3 is 12.3 Å². The highest BCUT2D eigenvalue weighted by molar-refractivity contribution is 5.60. The van der Waals surface area contributed by atoms with Gasteiger partial charge in [-0.2, -0.15) is 0 Å². The molecular weight excluding hydrogens is 276 g/mol. The van der Waals surface area contributed by atoms with Crippen LogP contribution >= 0.6 is 0 Å². The van der Waals surface area contributed by atoms with Crippen molar-refractivity contribution in [2.45, 2.75) is 64.6 Å². The fourth-order valence-corrected chi connectivity index (χ4v) is 2.32. The Balaban J connectivity index is 2.21. The van der Waals surface area contributed by atoms with Crippen LogP contribution in [-0.2, 0) is 18.9 Å². The van der Waals surface area contributed by atoms with Gasteiger partial charge in [0.25, 0.3) is 0 Å². The molecule has 0 heterocycles. The van der Waals surface area contributed by atoms with Crippen molar-refractivity contribution in [3.05, 3.63) is 0 Å². The molecule has 6 nitrogen and oxygen atoms in total. The van der Waals surface area contributed by atoms with Crippen LogP contribution in [0.1, 0.15) is 52.4 Å². The van der Waals surface area contributed by atoms with Crippen LogP contribution in [0.15, 0.2) is 0 Å². The molecule has 0 aromatic heterocycles. The lowest BCUT2D eigenvalue weighted by atomic mass is 9.95. The van der Waals surface area contributed by atoms with Crippen molar-refractivity contribution in [2.24, 2.45) is 5.92 Å². The number of hydrogen-bond donors (Lipinski definition) is 0. The zero-order valence-corrected chi connectivity index (χ0v) is 13.1.